The highest BCUT2D eigenvalue weighted by Gasteiger charge is 2.35. The number of carbonyl (C=O) groups is 2. The van der Waals surface area contributed by atoms with E-state index in [0.29, 0.717) is 18.0 Å². The highest BCUT2D eigenvalue weighted by Crippen LogP contribution is 2.37. The van der Waals surface area contributed by atoms with E-state index in [-0.39, 0.29) is 23.2 Å². The first-order valence-electron chi connectivity index (χ1n) is 9.51. The standard InChI is InChI=1S/C21H19ClF3N3O3S/c1-3-31-14-7-4-12(5-8-14)26-19(30)17-11-18(29)28(2)20(32-17)27-13-6-9-16(22)15(10-13)21(23,24)25/h4-10,17H,3,11H2,1-2H3,(H,26,30)/t17-/m0/s1. The minimum Gasteiger partial charge on any atom is -0.494 e. The number of aliphatic imine (C=N–C) groups is 1. The van der Waals surface area contributed by atoms with E-state index in [1.54, 1.807) is 24.3 Å². The molecule has 2 aromatic rings. The van der Waals surface area contributed by atoms with Gasteiger partial charge in [-0.3, -0.25) is 14.5 Å². The van der Waals surface area contributed by atoms with Crippen LogP contribution in [0.25, 0.3) is 0 Å². The number of hydrogen-bond donors (Lipinski definition) is 1. The largest absolute Gasteiger partial charge is 0.494 e. The van der Waals surface area contributed by atoms with E-state index in [0.717, 1.165) is 23.9 Å². The van der Waals surface area contributed by atoms with Gasteiger partial charge in [-0.05, 0) is 49.4 Å². The topological polar surface area (TPSA) is 71.0 Å². The number of thioether (sulfide) groups is 1. The predicted octanol–water partition coefficient (Wildman–Crippen LogP) is 5.35. The first kappa shape index (κ1) is 23.9. The van der Waals surface area contributed by atoms with Crippen molar-refractivity contribution < 1.29 is 27.5 Å². The summed E-state index contributed by atoms with van der Waals surface area (Å²) in [4.78, 5) is 30.5. The second kappa shape index (κ2) is 9.83. The van der Waals surface area contributed by atoms with Gasteiger partial charge in [0.2, 0.25) is 11.8 Å². The van der Waals surface area contributed by atoms with Crippen LogP contribution in [0.15, 0.2) is 47.5 Å². The van der Waals surface area contributed by atoms with E-state index in [4.69, 9.17) is 16.3 Å². The molecule has 0 spiro atoms. The Balaban J connectivity index is 1.79. The Bertz CT molecular complexity index is 1040. The summed E-state index contributed by atoms with van der Waals surface area (Å²) < 4.78 is 44.7. The highest BCUT2D eigenvalue weighted by atomic mass is 35.5. The van der Waals surface area contributed by atoms with Gasteiger partial charge in [0.05, 0.1) is 22.9 Å². The summed E-state index contributed by atoms with van der Waals surface area (Å²) in [5, 5.41) is 1.60. The van der Waals surface area contributed by atoms with Crippen molar-refractivity contribution in [2.24, 2.45) is 4.99 Å². The van der Waals surface area contributed by atoms with E-state index in [2.05, 4.69) is 10.3 Å². The molecular formula is C21H19ClF3N3O3S. The van der Waals surface area contributed by atoms with Crippen LogP contribution in [-0.4, -0.2) is 40.8 Å². The maximum atomic E-state index is 13.1. The normalized spacial score (nSPS) is 18.1. The van der Waals surface area contributed by atoms with E-state index in [9.17, 15) is 22.8 Å². The minimum absolute atomic E-state index is 0.0311. The Morgan fingerprint density at radius 3 is 2.59 bits per heavy atom. The van der Waals surface area contributed by atoms with Gasteiger partial charge in [-0.1, -0.05) is 23.4 Å². The zero-order valence-corrected chi connectivity index (χ0v) is 18.6. The molecule has 1 aliphatic rings. The van der Waals surface area contributed by atoms with E-state index in [1.807, 2.05) is 6.92 Å². The second-order valence-electron chi connectivity index (χ2n) is 6.77. The number of amides is 2. The second-order valence-corrected chi connectivity index (χ2v) is 8.34. The minimum atomic E-state index is -4.64. The SMILES string of the molecule is CCOc1ccc(NC(=O)[C@@H]2CC(=O)N(C)C(=Nc3ccc(Cl)c(C(F)(F)F)c3)S2)cc1. The molecule has 32 heavy (non-hydrogen) atoms. The Hall–Kier alpha value is -2.72. The maximum Gasteiger partial charge on any atom is 0.417 e. The van der Waals surface area contributed by atoms with Crippen LogP contribution in [0.2, 0.25) is 5.02 Å². The highest BCUT2D eigenvalue weighted by molar-refractivity contribution is 8.15. The monoisotopic (exact) mass is 485 g/mol. The third-order valence-corrected chi connectivity index (χ3v) is 6.04. The van der Waals surface area contributed by atoms with E-state index in [1.165, 1.54) is 18.0 Å². The first-order valence-corrected chi connectivity index (χ1v) is 10.8. The van der Waals surface area contributed by atoms with E-state index < -0.39 is 27.9 Å². The molecule has 1 N–H and O–H groups in total. The van der Waals surface area contributed by atoms with Crippen molar-refractivity contribution in [2.45, 2.75) is 24.8 Å². The average molecular weight is 486 g/mol. The number of hydrogen-bond acceptors (Lipinski definition) is 5. The number of alkyl halides is 3. The molecule has 2 aromatic carbocycles. The number of carbonyl (C=O) groups excluding carboxylic acids is 2. The smallest absolute Gasteiger partial charge is 0.417 e. The van der Waals surface area contributed by atoms with Gasteiger partial charge in [0.25, 0.3) is 0 Å². The molecule has 6 nitrogen and oxygen atoms in total. The number of nitrogens with zero attached hydrogens (tertiary/aromatic N) is 2. The molecule has 3 rings (SSSR count). The van der Waals surface area contributed by atoms with Gasteiger partial charge in [-0.25, -0.2) is 4.99 Å². The number of nitrogens with one attached hydrogen (secondary N) is 1. The lowest BCUT2D eigenvalue weighted by atomic mass is 10.2. The fourth-order valence-electron chi connectivity index (χ4n) is 2.83. The Kier molecular flexibility index (Phi) is 7.35. The van der Waals surface area contributed by atoms with Crippen LogP contribution in [0, 0.1) is 0 Å². The summed E-state index contributed by atoms with van der Waals surface area (Å²) in [6.07, 6.45) is -4.72. The first-order chi connectivity index (χ1) is 15.1. The van der Waals surface area contributed by atoms with Crippen LogP contribution >= 0.6 is 23.4 Å². The van der Waals surface area contributed by atoms with Crippen LogP contribution in [0.5, 0.6) is 5.75 Å². The summed E-state index contributed by atoms with van der Waals surface area (Å²) in [5.41, 5.74) is -0.534. The molecule has 1 fully saturated rings. The van der Waals surface area contributed by atoms with Crippen LogP contribution in [0.1, 0.15) is 18.9 Å². The van der Waals surface area contributed by atoms with Gasteiger partial charge in [0.15, 0.2) is 5.17 Å². The molecule has 0 bridgehead atoms. The molecule has 0 aromatic heterocycles. The summed E-state index contributed by atoms with van der Waals surface area (Å²) in [7, 11) is 1.45. The average Bonchev–Trinajstić information content (AvgIpc) is 2.73. The molecule has 0 aliphatic carbocycles. The number of ether oxygens (including phenoxy) is 1. The van der Waals surface area contributed by atoms with Gasteiger partial charge in [-0.2, -0.15) is 13.2 Å². The molecule has 2 amide bonds. The van der Waals surface area contributed by atoms with Crippen molar-refractivity contribution >= 4 is 51.7 Å². The van der Waals surface area contributed by atoms with Crippen molar-refractivity contribution in [3.05, 3.63) is 53.1 Å². The van der Waals surface area contributed by atoms with Gasteiger partial charge >= 0.3 is 6.18 Å². The zero-order chi connectivity index (χ0) is 23.5. The van der Waals surface area contributed by atoms with Gasteiger partial charge < -0.3 is 10.1 Å². The number of anilines is 1. The molecule has 0 radical (unpaired) electrons. The van der Waals surface area contributed by atoms with Gasteiger partial charge in [0.1, 0.15) is 11.0 Å². The molecule has 1 heterocycles. The number of benzene rings is 2. The molecule has 1 atom stereocenters. The molecule has 0 unspecified atom stereocenters. The Morgan fingerprint density at radius 1 is 1.28 bits per heavy atom. The number of amidine groups is 1. The van der Waals surface area contributed by atoms with Gasteiger partial charge in [-0.15, -0.1) is 0 Å². The molecule has 0 saturated carbocycles. The van der Waals surface area contributed by atoms with Crippen LogP contribution in [-0.2, 0) is 15.8 Å². The Morgan fingerprint density at radius 2 is 1.97 bits per heavy atom. The Labute approximate surface area is 191 Å². The third kappa shape index (κ3) is 5.74. The van der Waals surface area contributed by atoms with E-state index >= 15 is 0 Å². The summed E-state index contributed by atoms with van der Waals surface area (Å²) in [6, 6.07) is 9.97. The van der Waals surface area contributed by atoms with Crippen molar-refractivity contribution in [1.29, 1.82) is 0 Å². The van der Waals surface area contributed by atoms with Gasteiger partial charge in [0, 0.05) is 19.2 Å². The van der Waals surface area contributed by atoms with Crippen LogP contribution < -0.4 is 10.1 Å². The molecule has 11 heteroatoms. The summed E-state index contributed by atoms with van der Waals surface area (Å²) in [5.74, 6) is -0.135. The molecule has 1 aliphatic heterocycles. The lowest BCUT2D eigenvalue weighted by molar-refractivity contribution is -0.137. The van der Waals surface area contributed by atoms with Crippen molar-refractivity contribution in [3.63, 3.8) is 0 Å². The lowest BCUT2D eigenvalue weighted by Crippen LogP contribution is -2.43. The van der Waals surface area contributed by atoms with Crippen molar-refractivity contribution in [3.8, 4) is 5.75 Å². The number of rotatable bonds is 5. The quantitative estimate of drug-likeness (QED) is 0.620. The molecule has 1 saturated heterocycles. The molecular weight excluding hydrogens is 467 g/mol. The van der Waals surface area contributed by atoms with Crippen molar-refractivity contribution in [1.82, 2.24) is 4.90 Å². The summed E-state index contributed by atoms with van der Waals surface area (Å²) >= 11 is 6.64. The van der Waals surface area contributed by atoms with Crippen molar-refractivity contribution in [2.75, 3.05) is 19.0 Å². The van der Waals surface area contributed by atoms with Crippen LogP contribution in [0.4, 0.5) is 24.5 Å². The van der Waals surface area contributed by atoms with Crippen LogP contribution in [0.3, 0.4) is 0 Å². The molecule has 170 valence electrons. The lowest BCUT2D eigenvalue weighted by Gasteiger charge is -2.28. The third-order valence-electron chi connectivity index (χ3n) is 4.47. The summed E-state index contributed by atoms with van der Waals surface area (Å²) in [6.45, 7) is 2.37. The zero-order valence-electron chi connectivity index (χ0n) is 17.1. The predicted molar refractivity (Wildman–Crippen MR) is 119 cm³/mol. The fourth-order valence-corrected chi connectivity index (χ4v) is 4.12. The maximum absolute atomic E-state index is 13.1. The number of halogens is 4. The fraction of sp³-hybridized carbons (Fsp3) is 0.286.